The van der Waals surface area contributed by atoms with Gasteiger partial charge in [-0.2, -0.15) is 0 Å². The molecule has 1 aromatic heterocycles. The Morgan fingerprint density at radius 3 is 2.62 bits per heavy atom. The molecule has 0 fully saturated rings. The highest BCUT2D eigenvalue weighted by Crippen LogP contribution is 2.23. The Balaban J connectivity index is 2.54. The molecule has 0 saturated heterocycles. The highest BCUT2D eigenvalue weighted by Gasteiger charge is 2.12. The number of fused-ring (bicyclic) bond motifs is 1. The fourth-order valence-corrected chi connectivity index (χ4v) is 1.53. The molecule has 0 aliphatic carbocycles. The molecular formula is C12H16N4. The maximum Gasteiger partial charge on any atom is 0.137 e. The fourth-order valence-electron chi connectivity index (χ4n) is 1.53. The first-order valence-corrected chi connectivity index (χ1v) is 5.24. The lowest BCUT2D eigenvalue weighted by molar-refractivity contribution is 0.631. The van der Waals surface area contributed by atoms with Gasteiger partial charge in [-0.3, -0.25) is 0 Å². The van der Waals surface area contributed by atoms with Crippen LogP contribution in [0.25, 0.3) is 10.9 Å². The summed E-state index contributed by atoms with van der Waals surface area (Å²) in [7, 11) is 0. The van der Waals surface area contributed by atoms with Gasteiger partial charge in [0.2, 0.25) is 0 Å². The second-order valence-electron chi connectivity index (χ2n) is 4.87. The van der Waals surface area contributed by atoms with E-state index in [1.807, 2.05) is 18.2 Å². The summed E-state index contributed by atoms with van der Waals surface area (Å²) >= 11 is 0. The average Bonchev–Trinajstić information content (AvgIpc) is 2.15. The summed E-state index contributed by atoms with van der Waals surface area (Å²) in [5.74, 6) is 0.845. The number of hydrogen-bond acceptors (Lipinski definition) is 4. The minimum Gasteiger partial charge on any atom is -0.399 e. The Bertz CT molecular complexity index is 514. The molecule has 0 aliphatic rings. The van der Waals surface area contributed by atoms with E-state index in [2.05, 4.69) is 36.1 Å². The molecule has 2 rings (SSSR count). The van der Waals surface area contributed by atoms with Crippen LogP contribution in [0.15, 0.2) is 24.5 Å². The molecule has 0 amide bonds. The van der Waals surface area contributed by atoms with Crippen LogP contribution in [0, 0.1) is 0 Å². The van der Waals surface area contributed by atoms with Crippen LogP contribution in [0.3, 0.4) is 0 Å². The molecule has 0 spiro atoms. The van der Waals surface area contributed by atoms with Crippen LogP contribution in [0.4, 0.5) is 11.5 Å². The zero-order chi connectivity index (χ0) is 11.8. The molecule has 1 heterocycles. The summed E-state index contributed by atoms with van der Waals surface area (Å²) in [6.45, 7) is 6.29. The third kappa shape index (κ3) is 2.21. The highest BCUT2D eigenvalue weighted by atomic mass is 15.1. The van der Waals surface area contributed by atoms with E-state index in [9.17, 15) is 0 Å². The smallest absolute Gasteiger partial charge is 0.137 e. The van der Waals surface area contributed by atoms with Crippen LogP contribution in [-0.2, 0) is 0 Å². The van der Waals surface area contributed by atoms with Crippen molar-refractivity contribution < 1.29 is 0 Å². The maximum atomic E-state index is 5.72. The Morgan fingerprint density at radius 2 is 1.94 bits per heavy atom. The number of nitrogens with one attached hydrogen (secondary N) is 1. The minimum absolute atomic E-state index is 0.0251. The van der Waals surface area contributed by atoms with Gasteiger partial charge in [-0.05, 0) is 39.0 Å². The first-order valence-electron chi connectivity index (χ1n) is 5.24. The van der Waals surface area contributed by atoms with Gasteiger partial charge in [0.1, 0.15) is 12.1 Å². The molecule has 1 aromatic carbocycles. The lowest BCUT2D eigenvalue weighted by Gasteiger charge is -2.22. The largest absolute Gasteiger partial charge is 0.399 e. The Kier molecular flexibility index (Phi) is 2.42. The second-order valence-corrected chi connectivity index (χ2v) is 4.87. The van der Waals surface area contributed by atoms with E-state index in [0.29, 0.717) is 5.69 Å². The molecule has 84 valence electrons. The normalized spacial score (nSPS) is 11.7. The average molecular weight is 216 g/mol. The van der Waals surface area contributed by atoms with E-state index in [1.54, 1.807) is 6.33 Å². The van der Waals surface area contributed by atoms with Crippen molar-refractivity contribution in [3.05, 3.63) is 24.5 Å². The van der Waals surface area contributed by atoms with Crippen LogP contribution < -0.4 is 11.1 Å². The number of benzene rings is 1. The van der Waals surface area contributed by atoms with Crippen molar-refractivity contribution in [3.8, 4) is 0 Å². The van der Waals surface area contributed by atoms with Crippen molar-refractivity contribution in [2.75, 3.05) is 11.1 Å². The van der Waals surface area contributed by atoms with Gasteiger partial charge >= 0.3 is 0 Å². The second kappa shape index (κ2) is 3.63. The molecule has 4 nitrogen and oxygen atoms in total. The van der Waals surface area contributed by atoms with Crippen molar-refractivity contribution in [1.82, 2.24) is 9.97 Å². The number of aromatic nitrogens is 2. The molecule has 4 heteroatoms. The monoisotopic (exact) mass is 216 g/mol. The molecular weight excluding hydrogens is 200 g/mol. The van der Waals surface area contributed by atoms with Crippen LogP contribution in [-0.4, -0.2) is 15.5 Å². The van der Waals surface area contributed by atoms with E-state index in [1.165, 1.54) is 0 Å². The van der Waals surface area contributed by atoms with E-state index in [4.69, 9.17) is 5.73 Å². The van der Waals surface area contributed by atoms with Crippen LogP contribution in [0.1, 0.15) is 20.8 Å². The van der Waals surface area contributed by atoms with Crippen molar-refractivity contribution >= 4 is 22.4 Å². The molecule has 0 bridgehead atoms. The molecule has 0 atom stereocenters. The molecule has 16 heavy (non-hydrogen) atoms. The number of nitrogens with two attached hydrogens (primary N) is 1. The molecule has 3 N–H and O–H groups in total. The molecule has 0 saturated carbocycles. The van der Waals surface area contributed by atoms with Gasteiger partial charge in [0, 0.05) is 16.6 Å². The van der Waals surface area contributed by atoms with Gasteiger partial charge < -0.3 is 11.1 Å². The number of nitrogen functional groups attached to an aromatic ring is 1. The van der Waals surface area contributed by atoms with Crippen molar-refractivity contribution in [2.45, 2.75) is 26.3 Å². The first kappa shape index (κ1) is 10.7. The van der Waals surface area contributed by atoms with Gasteiger partial charge in [-0.15, -0.1) is 0 Å². The van der Waals surface area contributed by atoms with Crippen LogP contribution in [0.5, 0.6) is 0 Å². The minimum atomic E-state index is -0.0251. The van der Waals surface area contributed by atoms with Gasteiger partial charge in [0.05, 0.1) is 5.52 Å². The Morgan fingerprint density at radius 1 is 1.19 bits per heavy atom. The summed E-state index contributed by atoms with van der Waals surface area (Å²) in [5.41, 5.74) is 7.27. The Labute approximate surface area is 94.9 Å². The molecule has 2 aromatic rings. The third-order valence-electron chi connectivity index (χ3n) is 2.15. The third-order valence-corrected chi connectivity index (χ3v) is 2.15. The number of rotatable bonds is 1. The number of nitrogens with zero attached hydrogens (tertiary/aromatic N) is 2. The summed E-state index contributed by atoms with van der Waals surface area (Å²) in [4.78, 5) is 8.46. The van der Waals surface area contributed by atoms with Crippen LogP contribution >= 0.6 is 0 Å². The topological polar surface area (TPSA) is 63.8 Å². The van der Waals surface area contributed by atoms with Gasteiger partial charge in [-0.1, -0.05) is 0 Å². The van der Waals surface area contributed by atoms with E-state index < -0.39 is 0 Å². The first-order chi connectivity index (χ1) is 7.46. The Hall–Kier alpha value is -1.84. The molecule has 0 radical (unpaired) electrons. The van der Waals surface area contributed by atoms with Gasteiger partial charge in [0.25, 0.3) is 0 Å². The fraction of sp³-hybridized carbons (Fsp3) is 0.333. The van der Waals surface area contributed by atoms with E-state index in [-0.39, 0.29) is 5.54 Å². The molecule has 0 unspecified atom stereocenters. The summed E-state index contributed by atoms with van der Waals surface area (Å²) in [5, 5.41) is 4.34. The zero-order valence-corrected chi connectivity index (χ0v) is 9.78. The van der Waals surface area contributed by atoms with Gasteiger partial charge in [0.15, 0.2) is 0 Å². The molecule has 0 aliphatic heterocycles. The highest BCUT2D eigenvalue weighted by molar-refractivity contribution is 5.90. The lowest BCUT2D eigenvalue weighted by Crippen LogP contribution is -2.26. The standard InChI is InChI=1S/C12H16N4/c1-12(2,3)16-11-9-5-4-8(13)6-10(9)14-7-15-11/h4-7H,13H2,1-3H3,(H,14,15,16). The van der Waals surface area contributed by atoms with Gasteiger partial charge in [-0.25, -0.2) is 9.97 Å². The number of anilines is 2. The predicted octanol–water partition coefficient (Wildman–Crippen LogP) is 2.42. The van der Waals surface area contributed by atoms with E-state index in [0.717, 1.165) is 16.7 Å². The summed E-state index contributed by atoms with van der Waals surface area (Å²) in [6.07, 6.45) is 1.55. The van der Waals surface area contributed by atoms with Crippen LogP contribution in [0.2, 0.25) is 0 Å². The van der Waals surface area contributed by atoms with E-state index >= 15 is 0 Å². The SMILES string of the molecule is CC(C)(C)Nc1ncnc2cc(N)ccc12. The zero-order valence-electron chi connectivity index (χ0n) is 9.78. The van der Waals surface area contributed by atoms with Crippen molar-refractivity contribution in [3.63, 3.8) is 0 Å². The van der Waals surface area contributed by atoms with Crippen molar-refractivity contribution in [2.24, 2.45) is 0 Å². The maximum absolute atomic E-state index is 5.72. The predicted molar refractivity (Wildman–Crippen MR) is 67.3 cm³/mol. The quantitative estimate of drug-likeness (QED) is 0.718. The summed E-state index contributed by atoms with van der Waals surface area (Å²) < 4.78 is 0. The van der Waals surface area contributed by atoms with Crippen molar-refractivity contribution in [1.29, 1.82) is 0 Å². The lowest BCUT2D eigenvalue weighted by atomic mass is 10.1. The summed E-state index contributed by atoms with van der Waals surface area (Å²) in [6, 6.07) is 5.66. The number of hydrogen-bond donors (Lipinski definition) is 2.